The fraction of sp³-hybridized carbons (Fsp3) is 0.355. The lowest BCUT2D eigenvalue weighted by atomic mass is 9.82. The van der Waals surface area contributed by atoms with Gasteiger partial charge in [0.05, 0.1) is 11.4 Å². The topological polar surface area (TPSA) is 68.2 Å². The van der Waals surface area contributed by atoms with Crippen LogP contribution in [0.15, 0.2) is 55.3 Å². The van der Waals surface area contributed by atoms with Crippen LogP contribution in [-0.2, 0) is 11.3 Å². The number of hydrogen-bond donors (Lipinski definition) is 3. The van der Waals surface area contributed by atoms with E-state index in [1.807, 2.05) is 12.1 Å². The summed E-state index contributed by atoms with van der Waals surface area (Å²) in [5.41, 5.74) is -1.53. The first kappa shape index (κ1) is 30.3. The number of allylic oxidation sites excluding steroid dienone is 2. The van der Waals surface area contributed by atoms with Crippen molar-refractivity contribution in [2.75, 3.05) is 13.1 Å². The number of carbonyl (C=O) groups excluding carboxylic acids is 1. The third-order valence-electron chi connectivity index (χ3n) is 7.14. The molecule has 0 bridgehead atoms. The molecule has 0 saturated carbocycles. The second-order valence-electron chi connectivity index (χ2n) is 10.0. The van der Waals surface area contributed by atoms with Gasteiger partial charge in [0.2, 0.25) is 5.91 Å². The quantitative estimate of drug-likeness (QED) is 0.159. The molecule has 3 N–H and O–H groups in total. The normalized spacial score (nSPS) is 20.9. The van der Waals surface area contributed by atoms with E-state index in [1.165, 1.54) is 29.6 Å². The Kier molecular flexibility index (Phi) is 9.51. The summed E-state index contributed by atoms with van der Waals surface area (Å²) >= 11 is 1.39. The van der Waals surface area contributed by atoms with Gasteiger partial charge in [-0.2, -0.15) is 13.2 Å². The minimum absolute atomic E-state index is 0.0922. The summed E-state index contributed by atoms with van der Waals surface area (Å²) in [5, 5.41) is 14.0. The van der Waals surface area contributed by atoms with Gasteiger partial charge in [-0.15, -0.1) is 11.3 Å². The molecule has 1 fully saturated rings. The summed E-state index contributed by atoms with van der Waals surface area (Å²) in [5.74, 6) is 4.04. The number of halogens is 4. The van der Waals surface area contributed by atoms with E-state index >= 15 is 4.39 Å². The van der Waals surface area contributed by atoms with Crippen molar-refractivity contribution in [3.8, 4) is 11.8 Å². The second-order valence-corrected chi connectivity index (χ2v) is 11.2. The van der Waals surface area contributed by atoms with Crippen LogP contribution in [0.4, 0.5) is 17.6 Å². The molecule has 3 heterocycles. The molecule has 10 heteroatoms. The Morgan fingerprint density at radius 3 is 2.76 bits per heavy atom. The highest BCUT2D eigenvalue weighted by Crippen LogP contribution is 2.42. The van der Waals surface area contributed by atoms with Crippen LogP contribution in [0, 0.1) is 23.1 Å². The average Bonchev–Trinajstić information content (AvgIpc) is 3.55. The Labute approximate surface area is 241 Å². The lowest BCUT2D eigenvalue weighted by molar-refractivity contribution is -0.127. The molecule has 216 valence electrons. The predicted molar refractivity (Wildman–Crippen MR) is 155 cm³/mol. The molecule has 0 radical (unpaired) electrons. The number of fused-ring (bicyclic) bond motifs is 1. The summed E-state index contributed by atoms with van der Waals surface area (Å²) in [6.45, 7) is 8.10. The fourth-order valence-corrected chi connectivity index (χ4v) is 6.30. The van der Waals surface area contributed by atoms with Gasteiger partial charge in [0.1, 0.15) is 11.5 Å². The number of alkyl halides is 3. The van der Waals surface area contributed by atoms with Crippen LogP contribution in [0.2, 0.25) is 0 Å². The van der Waals surface area contributed by atoms with Gasteiger partial charge in [0, 0.05) is 59.4 Å². The highest BCUT2D eigenvalue weighted by molar-refractivity contribution is 7.12. The molecule has 1 aromatic carbocycles. The van der Waals surface area contributed by atoms with Gasteiger partial charge in [0.25, 0.3) is 0 Å². The average molecular weight is 585 g/mol. The van der Waals surface area contributed by atoms with E-state index in [0.717, 1.165) is 35.5 Å². The zero-order chi connectivity index (χ0) is 29.7. The third-order valence-corrected chi connectivity index (χ3v) is 8.19. The number of benzene rings is 1. The molecule has 1 aromatic heterocycles. The van der Waals surface area contributed by atoms with E-state index in [2.05, 4.69) is 36.0 Å². The molecule has 5 nitrogen and oxygen atoms in total. The first-order valence-electron chi connectivity index (χ1n) is 13.4. The molecule has 1 saturated heterocycles. The molecule has 1 amide bonds. The highest BCUT2D eigenvalue weighted by Gasteiger charge is 2.40. The number of amides is 1. The molecular weight excluding hydrogens is 552 g/mol. The van der Waals surface area contributed by atoms with Gasteiger partial charge in [-0.05, 0) is 56.0 Å². The van der Waals surface area contributed by atoms with Crippen molar-refractivity contribution in [3.63, 3.8) is 0 Å². The Morgan fingerprint density at radius 1 is 1.32 bits per heavy atom. The van der Waals surface area contributed by atoms with Gasteiger partial charge in [-0.3, -0.25) is 10.2 Å². The predicted octanol–water partition coefficient (Wildman–Crippen LogP) is 6.13. The van der Waals surface area contributed by atoms with Crippen molar-refractivity contribution >= 4 is 28.5 Å². The van der Waals surface area contributed by atoms with Gasteiger partial charge in [0.15, 0.2) is 0 Å². The lowest BCUT2D eigenvalue weighted by Crippen LogP contribution is -2.38. The van der Waals surface area contributed by atoms with Crippen molar-refractivity contribution in [2.45, 2.75) is 57.4 Å². The number of rotatable bonds is 7. The minimum atomic E-state index is -4.99. The number of nitrogens with zero attached hydrogens (tertiary/aromatic N) is 1. The van der Waals surface area contributed by atoms with E-state index in [-0.39, 0.29) is 36.2 Å². The summed E-state index contributed by atoms with van der Waals surface area (Å²) in [4.78, 5) is 16.5. The van der Waals surface area contributed by atoms with E-state index in [4.69, 9.17) is 5.41 Å². The molecule has 1 unspecified atom stereocenters. The van der Waals surface area contributed by atoms with Gasteiger partial charge in [-0.1, -0.05) is 36.6 Å². The van der Waals surface area contributed by atoms with Gasteiger partial charge >= 0.3 is 6.18 Å². The van der Waals surface area contributed by atoms with Crippen LogP contribution in [0.5, 0.6) is 0 Å². The molecule has 41 heavy (non-hydrogen) atoms. The Balaban J connectivity index is 1.81. The van der Waals surface area contributed by atoms with Crippen LogP contribution in [0.25, 0.3) is 5.57 Å². The zero-order valence-electron chi connectivity index (χ0n) is 22.9. The van der Waals surface area contributed by atoms with Crippen molar-refractivity contribution < 1.29 is 22.4 Å². The summed E-state index contributed by atoms with van der Waals surface area (Å²) in [7, 11) is 0. The van der Waals surface area contributed by atoms with Crippen LogP contribution >= 0.6 is 11.3 Å². The summed E-state index contributed by atoms with van der Waals surface area (Å²) < 4.78 is 56.8. The number of nitrogens with one attached hydrogen (secondary N) is 3. The standard InChI is InChI=1S/C31H32F4N4OS/c1-4-6-8-21-15-23-25(17-39(18-27(23)41-21)28(40)14-13-20-12-11-19(3)38-20)22-9-7-10-26(32)29(22)24(16-37-5-2)30(36)31(33,34)35/h4,7,9-10,13-16,19-20,25,36-38H,1,5,11-12,17-18H2,2-3H3/b14-13+,24-16-,36-30?/t19-,20?,25+/m1/s1. The number of thiophene rings is 1. The molecule has 2 aliphatic rings. The fourth-order valence-electron chi connectivity index (χ4n) is 5.19. The lowest BCUT2D eigenvalue weighted by Gasteiger charge is -2.34. The third kappa shape index (κ3) is 6.97. The molecule has 2 aromatic rings. The monoisotopic (exact) mass is 584 g/mol. The number of hydrogen-bond acceptors (Lipinski definition) is 5. The maximum atomic E-state index is 15.5. The van der Waals surface area contributed by atoms with Crippen molar-refractivity contribution in [1.82, 2.24) is 15.5 Å². The second kappa shape index (κ2) is 12.9. The molecule has 3 atom stereocenters. The summed E-state index contributed by atoms with van der Waals surface area (Å²) in [6.07, 6.45) is 2.82. The number of carbonyl (C=O) groups is 1. The Hall–Kier alpha value is -3.68. The van der Waals surface area contributed by atoms with Crippen molar-refractivity contribution in [1.29, 1.82) is 5.41 Å². The van der Waals surface area contributed by atoms with Crippen LogP contribution in [-0.4, -0.2) is 47.9 Å². The molecule has 0 aliphatic carbocycles. The van der Waals surface area contributed by atoms with E-state index in [0.29, 0.717) is 17.5 Å². The van der Waals surface area contributed by atoms with Crippen molar-refractivity contribution in [3.05, 3.63) is 87.5 Å². The van der Waals surface area contributed by atoms with E-state index < -0.39 is 29.2 Å². The van der Waals surface area contributed by atoms with Crippen molar-refractivity contribution in [2.24, 2.45) is 0 Å². The van der Waals surface area contributed by atoms with E-state index in [1.54, 1.807) is 17.9 Å². The minimum Gasteiger partial charge on any atom is -0.391 e. The smallest absolute Gasteiger partial charge is 0.391 e. The molecule has 2 aliphatic heterocycles. The Bertz CT molecular complexity index is 1450. The largest absolute Gasteiger partial charge is 0.433 e. The summed E-state index contributed by atoms with van der Waals surface area (Å²) in [6, 6.07) is 6.40. The molecule has 4 rings (SSSR count). The van der Waals surface area contributed by atoms with Gasteiger partial charge < -0.3 is 15.5 Å². The van der Waals surface area contributed by atoms with Crippen LogP contribution in [0.1, 0.15) is 59.1 Å². The first-order chi connectivity index (χ1) is 19.5. The first-order valence-corrected chi connectivity index (χ1v) is 14.2. The van der Waals surface area contributed by atoms with Crippen LogP contribution < -0.4 is 10.6 Å². The molecule has 0 spiro atoms. The van der Waals surface area contributed by atoms with Crippen LogP contribution in [0.3, 0.4) is 0 Å². The highest BCUT2D eigenvalue weighted by atomic mass is 32.1. The van der Waals surface area contributed by atoms with Gasteiger partial charge in [-0.25, -0.2) is 4.39 Å². The Morgan fingerprint density at radius 2 is 2.10 bits per heavy atom. The molecular formula is C31H32F4N4OS. The van der Waals surface area contributed by atoms with E-state index in [9.17, 15) is 18.0 Å². The zero-order valence-corrected chi connectivity index (χ0v) is 23.7. The SMILES string of the molecule is C=CC#Cc1cc2c(s1)CN(C(=O)/C=C/C1CC[C@@H](C)N1)C[C@H]2c1cccc(F)c1/C(=C/NCC)C(=N)C(F)(F)F. The maximum Gasteiger partial charge on any atom is 0.433 e. The maximum absolute atomic E-state index is 15.5.